The van der Waals surface area contributed by atoms with Crippen LogP contribution in [0.4, 0.5) is 0 Å². The molecule has 0 aromatic heterocycles. The van der Waals surface area contributed by atoms with Crippen LogP contribution in [0.25, 0.3) is 6.08 Å². The van der Waals surface area contributed by atoms with Crippen molar-refractivity contribution in [1.29, 1.82) is 0 Å². The minimum absolute atomic E-state index is 0.590. The predicted octanol–water partition coefficient (Wildman–Crippen LogP) is 6.54. The number of benzene rings is 2. The second-order valence-corrected chi connectivity index (χ2v) is 8.04. The van der Waals surface area contributed by atoms with Crippen molar-refractivity contribution in [3.05, 3.63) is 71.3 Å². The summed E-state index contributed by atoms with van der Waals surface area (Å²) < 4.78 is 26.8. The molecule has 0 fully saturated rings. The third kappa shape index (κ3) is 8.41. The lowest BCUT2D eigenvalue weighted by molar-refractivity contribution is 0.163. The highest BCUT2D eigenvalue weighted by molar-refractivity contribution is 5.62. The van der Waals surface area contributed by atoms with E-state index < -0.39 is 6.10 Å². The summed E-state index contributed by atoms with van der Waals surface area (Å²) in [5, 5.41) is 10.6. The van der Waals surface area contributed by atoms with Gasteiger partial charge >= 0.3 is 0 Å². The molecule has 2 rings (SSSR count). The highest BCUT2D eigenvalue weighted by atomic mass is 16.5. The van der Waals surface area contributed by atoms with Crippen molar-refractivity contribution < 1.29 is 28.8 Å². The molecule has 0 saturated carbocycles. The van der Waals surface area contributed by atoms with Crippen molar-refractivity contribution >= 4 is 6.08 Å². The Balaban J connectivity index is 1.84. The third-order valence-electron chi connectivity index (χ3n) is 5.62. The molecule has 0 spiro atoms. The smallest absolute Gasteiger partial charge is 0.203 e. The molecular formula is C29H38O6. The molecule has 6 heteroatoms. The highest BCUT2D eigenvalue weighted by Gasteiger charge is 2.15. The first-order valence-electron chi connectivity index (χ1n) is 11.7. The van der Waals surface area contributed by atoms with E-state index in [9.17, 15) is 5.11 Å². The maximum absolute atomic E-state index is 10.6. The quantitative estimate of drug-likeness (QED) is 0.244. The van der Waals surface area contributed by atoms with Crippen LogP contribution in [-0.2, 0) is 0 Å². The van der Waals surface area contributed by atoms with Gasteiger partial charge in [-0.15, -0.1) is 0 Å². The number of aliphatic hydroxyl groups excluding tert-OH is 1. The molecule has 0 heterocycles. The minimum atomic E-state index is -0.618. The van der Waals surface area contributed by atoms with Crippen molar-refractivity contribution in [2.24, 2.45) is 0 Å². The molecular weight excluding hydrogens is 444 g/mol. The number of ether oxygens (including phenoxy) is 5. The van der Waals surface area contributed by atoms with Crippen molar-refractivity contribution in [3.63, 3.8) is 0 Å². The summed E-state index contributed by atoms with van der Waals surface area (Å²) in [7, 11) is 8.04. The lowest BCUT2D eigenvalue weighted by Gasteiger charge is -2.16. The molecule has 2 aromatic rings. The summed E-state index contributed by atoms with van der Waals surface area (Å²) in [4.78, 5) is 0. The van der Waals surface area contributed by atoms with Gasteiger partial charge in [0, 0.05) is 5.56 Å². The Kier molecular flexibility index (Phi) is 11.8. The Morgan fingerprint density at radius 3 is 2.09 bits per heavy atom. The fourth-order valence-corrected chi connectivity index (χ4v) is 3.64. The number of unbranched alkanes of at least 4 members (excludes halogenated alkanes) is 1. The van der Waals surface area contributed by atoms with Crippen molar-refractivity contribution in [2.45, 2.75) is 38.7 Å². The van der Waals surface area contributed by atoms with Crippen LogP contribution in [0.3, 0.4) is 0 Å². The molecule has 0 bridgehead atoms. The Morgan fingerprint density at radius 2 is 1.49 bits per heavy atom. The molecule has 0 aliphatic rings. The Hall–Kier alpha value is -3.38. The highest BCUT2D eigenvalue weighted by Crippen LogP contribution is 2.38. The van der Waals surface area contributed by atoms with E-state index in [-0.39, 0.29) is 0 Å². The first kappa shape index (κ1) is 27.9. The molecule has 35 heavy (non-hydrogen) atoms. The van der Waals surface area contributed by atoms with Gasteiger partial charge in [-0.2, -0.15) is 0 Å². The maximum atomic E-state index is 10.6. The van der Waals surface area contributed by atoms with Crippen molar-refractivity contribution in [2.75, 3.05) is 35.5 Å². The lowest BCUT2D eigenvalue weighted by atomic mass is 10.0. The predicted molar refractivity (Wildman–Crippen MR) is 141 cm³/mol. The topological polar surface area (TPSA) is 66.4 Å². The van der Waals surface area contributed by atoms with Gasteiger partial charge in [0.05, 0.1) is 41.7 Å². The van der Waals surface area contributed by atoms with Crippen molar-refractivity contribution in [1.82, 2.24) is 0 Å². The number of rotatable bonds is 14. The fraction of sp³-hybridized carbons (Fsp3) is 0.379. The zero-order valence-corrected chi connectivity index (χ0v) is 21.7. The van der Waals surface area contributed by atoms with Gasteiger partial charge in [0.15, 0.2) is 11.5 Å². The second-order valence-electron chi connectivity index (χ2n) is 8.04. The standard InChI is InChI=1S/C29H38O6/c1-21(14-16-25(30)24-20-23(31-2)15-17-26(24)32-3)12-10-8-7-9-11-13-22-18-27(33-4)29(35-6)28(19-22)34-5/h8,10-13,15,17-20,25,30H,7,9,14,16H2,1-6H3/b10-8+,13-11-,21-12+. The zero-order chi connectivity index (χ0) is 25.6. The van der Waals surface area contributed by atoms with Crippen LogP contribution >= 0.6 is 0 Å². The summed E-state index contributed by atoms with van der Waals surface area (Å²) in [5.74, 6) is 3.24. The van der Waals surface area contributed by atoms with Crippen molar-refractivity contribution in [3.8, 4) is 28.7 Å². The van der Waals surface area contributed by atoms with Gasteiger partial charge in [0.2, 0.25) is 5.75 Å². The first-order chi connectivity index (χ1) is 17.0. The summed E-state index contributed by atoms with van der Waals surface area (Å²) in [6, 6.07) is 9.32. The molecule has 190 valence electrons. The Labute approximate surface area is 209 Å². The third-order valence-corrected chi connectivity index (χ3v) is 5.62. The number of hydrogen-bond acceptors (Lipinski definition) is 6. The van der Waals surface area contributed by atoms with E-state index in [0.717, 1.165) is 30.4 Å². The Bertz CT molecular complexity index is 997. The molecule has 0 radical (unpaired) electrons. The number of aliphatic hydroxyl groups is 1. The van der Waals surface area contributed by atoms with Crippen LogP contribution in [0.1, 0.15) is 49.8 Å². The number of hydrogen-bond donors (Lipinski definition) is 1. The van der Waals surface area contributed by atoms with Gasteiger partial charge in [0.1, 0.15) is 11.5 Å². The summed E-state index contributed by atoms with van der Waals surface area (Å²) in [6.07, 6.45) is 13.1. The average Bonchev–Trinajstić information content (AvgIpc) is 2.89. The Morgan fingerprint density at radius 1 is 0.829 bits per heavy atom. The normalized spacial score (nSPS) is 12.7. The van der Waals surface area contributed by atoms with E-state index in [1.54, 1.807) is 35.5 Å². The first-order valence-corrected chi connectivity index (χ1v) is 11.7. The van der Waals surface area contributed by atoms with E-state index in [2.05, 4.69) is 31.2 Å². The van der Waals surface area contributed by atoms with Gasteiger partial charge in [-0.3, -0.25) is 0 Å². The zero-order valence-electron chi connectivity index (χ0n) is 21.7. The summed E-state index contributed by atoms with van der Waals surface area (Å²) in [6.45, 7) is 2.07. The maximum Gasteiger partial charge on any atom is 0.203 e. The summed E-state index contributed by atoms with van der Waals surface area (Å²) >= 11 is 0. The largest absolute Gasteiger partial charge is 0.497 e. The fourth-order valence-electron chi connectivity index (χ4n) is 3.64. The molecule has 6 nitrogen and oxygen atoms in total. The van der Waals surface area contributed by atoms with Crippen LogP contribution in [0.15, 0.2) is 60.2 Å². The van der Waals surface area contributed by atoms with Crippen LogP contribution in [0.5, 0.6) is 28.7 Å². The monoisotopic (exact) mass is 482 g/mol. The molecule has 0 aliphatic heterocycles. The van der Waals surface area contributed by atoms with E-state index in [1.165, 1.54) is 5.57 Å². The minimum Gasteiger partial charge on any atom is -0.497 e. The molecule has 1 unspecified atom stereocenters. The van der Waals surface area contributed by atoms with Gasteiger partial charge < -0.3 is 28.8 Å². The van der Waals surface area contributed by atoms with Crippen LogP contribution in [0, 0.1) is 0 Å². The lowest BCUT2D eigenvalue weighted by Crippen LogP contribution is -2.01. The molecule has 1 atom stereocenters. The van der Waals surface area contributed by atoms with E-state index in [4.69, 9.17) is 23.7 Å². The average molecular weight is 483 g/mol. The molecule has 0 amide bonds. The summed E-state index contributed by atoms with van der Waals surface area (Å²) in [5.41, 5.74) is 2.94. The number of allylic oxidation sites excluding steroid dienone is 5. The van der Waals surface area contributed by atoms with Gasteiger partial charge in [0.25, 0.3) is 0 Å². The van der Waals surface area contributed by atoms with E-state index in [1.807, 2.05) is 36.4 Å². The van der Waals surface area contributed by atoms with Crippen LogP contribution in [0.2, 0.25) is 0 Å². The van der Waals surface area contributed by atoms with Crippen LogP contribution in [-0.4, -0.2) is 40.7 Å². The van der Waals surface area contributed by atoms with Crippen LogP contribution < -0.4 is 23.7 Å². The molecule has 2 aromatic carbocycles. The number of methoxy groups -OCH3 is 5. The second kappa shape index (κ2) is 14.8. The van der Waals surface area contributed by atoms with Gasteiger partial charge in [-0.25, -0.2) is 0 Å². The van der Waals surface area contributed by atoms with E-state index >= 15 is 0 Å². The molecule has 1 N–H and O–H groups in total. The SMILES string of the molecule is COc1ccc(OC)c(C(O)CC/C(C)=C/C=C/CC/C=C\c2cc(OC)c(OC)c(OC)c2)c1. The molecule has 0 aliphatic carbocycles. The van der Waals surface area contributed by atoms with Gasteiger partial charge in [-0.05, 0) is 68.5 Å². The van der Waals surface area contributed by atoms with Gasteiger partial charge in [-0.1, -0.05) is 36.0 Å². The van der Waals surface area contributed by atoms with E-state index in [0.29, 0.717) is 35.2 Å². The molecule has 0 saturated heterocycles.